The number of phenols is 1. The molecule has 3 aliphatic carbocycles. The molecule has 1 heterocycles. The van der Waals surface area contributed by atoms with E-state index in [0.717, 1.165) is 11.1 Å². The lowest BCUT2D eigenvalue weighted by atomic mass is 9.55. The monoisotopic (exact) mass is 756 g/mol. The number of hydrogen-bond donors (Lipinski definition) is 2. The average molecular weight is 757 g/mol. The van der Waals surface area contributed by atoms with Gasteiger partial charge in [0, 0.05) is 18.3 Å². The predicted molar refractivity (Wildman–Crippen MR) is 182 cm³/mol. The van der Waals surface area contributed by atoms with E-state index in [1.165, 1.54) is 7.11 Å². The molecular weight excluding hydrogens is 715 g/mol. The van der Waals surface area contributed by atoms with Gasteiger partial charge in [-0.2, -0.15) is 0 Å². The maximum atomic E-state index is 13.8. The largest absolute Gasteiger partial charge is 0.504 e. The summed E-state index contributed by atoms with van der Waals surface area (Å²) in [5, 5.41) is 22.7. The number of rotatable bonds is 9. The highest BCUT2D eigenvalue weighted by molar-refractivity contribution is 14.1. The Bertz CT molecular complexity index is 1650. The van der Waals surface area contributed by atoms with Crippen molar-refractivity contribution >= 4 is 34.3 Å². The van der Waals surface area contributed by atoms with Crippen molar-refractivity contribution < 1.29 is 43.5 Å². The molecule has 2 fully saturated rings. The van der Waals surface area contributed by atoms with Crippen molar-refractivity contribution in [1.29, 1.82) is 0 Å². The summed E-state index contributed by atoms with van der Waals surface area (Å²) in [5.74, 6) is -1.99. The number of aliphatic hydroxyl groups is 1. The van der Waals surface area contributed by atoms with Crippen LogP contribution in [-0.4, -0.2) is 65.4 Å². The smallest absolute Gasteiger partial charge is 0.310 e. The topological polar surface area (TPSA) is 121 Å². The van der Waals surface area contributed by atoms with Crippen LogP contribution in [0.15, 0.2) is 77.9 Å². The van der Waals surface area contributed by atoms with Crippen molar-refractivity contribution in [3.8, 4) is 11.5 Å². The molecule has 0 unspecified atom stereocenters. The summed E-state index contributed by atoms with van der Waals surface area (Å²) < 4.78 is 31.3. The van der Waals surface area contributed by atoms with Crippen molar-refractivity contribution in [2.45, 2.75) is 69.5 Å². The molecule has 2 aromatic rings. The van der Waals surface area contributed by atoms with Gasteiger partial charge in [0.05, 0.1) is 29.3 Å². The molecule has 250 valence electrons. The van der Waals surface area contributed by atoms with Crippen LogP contribution in [-0.2, 0) is 41.6 Å². The number of ketones is 1. The van der Waals surface area contributed by atoms with E-state index in [4.69, 9.17) is 23.7 Å². The lowest BCUT2D eigenvalue weighted by molar-refractivity contribution is -0.228. The van der Waals surface area contributed by atoms with Gasteiger partial charge in [0.15, 0.2) is 17.3 Å². The standard InChI is InChI=1S/C37H41IO9/c1-21(2)36-16-23(4)37(46-19-24-9-7-6-8-10-24)27(34(36)45-20-47-36)12-26(17-35(42)30(37)11-22(3)33(35)41)18-44-31(39)15-25-13-28(38)32(40)29(14-25)43-5/h6-14,23,27,30,34,40,42H,1,15-20H2,2-5H3/t23-,27+,30-,34-,35-,36-,37-/m1/s1. The third-order valence-corrected chi connectivity index (χ3v) is 11.3. The number of esters is 1. The number of halogens is 1. The number of aromatic hydroxyl groups is 1. The zero-order chi connectivity index (χ0) is 33.7. The molecule has 0 amide bonds. The summed E-state index contributed by atoms with van der Waals surface area (Å²) in [6.45, 7) is 10.2. The molecule has 2 N–H and O–H groups in total. The van der Waals surface area contributed by atoms with Gasteiger partial charge in [-0.25, -0.2) is 0 Å². The van der Waals surface area contributed by atoms with Crippen LogP contribution in [0.4, 0.5) is 0 Å². The number of hydrogen-bond acceptors (Lipinski definition) is 9. The minimum Gasteiger partial charge on any atom is -0.504 e. The molecule has 9 nitrogen and oxygen atoms in total. The Morgan fingerprint density at radius 3 is 2.60 bits per heavy atom. The molecule has 1 saturated heterocycles. The third kappa shape index (κ3) is 5.65. The zero-order valence-electron chi connectivity index (χ0n) is 27.1. The summed E-state index contributed by atoms with van der Waals surface area (Å²) in [5.41, 5.74) is -0.198. The first-order chi connectivity index (χ1) is 22.4. The summed E-state index contributed by atoms with van der Waals surface area (Å²) in [4.78, 5) is 27.0. The normalized spacial score (nSPS) is 32.8. The Labute approximate surface area is 288 Å². The molecule has 0 aromatic heterocycles. The van der Waals surface area contributed by atoms with Crippen molar-refractivity contribution in [1.82, 2.24) is 0 Å². The summed E-state index contributed by atoms with van der Waals surface area (Å²) >= 11 is 1.98. The van der Waals surface area contributed by atoms with E-state index in [1.54, 1.807) is 19.1 Å². The first-order valence-electron chi connectivity index (χ1n) is 15.8. The molecule has 47 heavy (non-hydrogen) atoms. The second kappa shape index (κ2) is 12.8. The molecule has 0 bridgehead atoms. The molecule has 0 radical (unpaired) electrons. The molecule has 1 aliphatic heterocycles. The van der Waals surface area contributed by atoms with Crippen LogP contribution in [0.25, 0.3) is 0 Å². The SMILES string of the molecule is C=C(C)[C@]12C[C@@H](C)[C@@]3(OCc4ccccc4)[C@@H](C=C(COC(=O)Cc4cc(I)c(O)c(OC)c4)C[C@]4(O)C(=O)C(C)=C[C@@H]34)[C@H]1OCO2. The maximum absolute atomic E-state index is 13.8. The van der Waals surface area contributed by atoms with Crippen LogP contribution in [0.3, 0.4) is 0 Å². The predicted octanol–water partition coefficient (Wildman–Crippen LogP) is 5.60. The van der Waals surface area contributed by atoms with Crippen LogP contribution in [0, 0.1) is 21.3 Å². The van der Waals surface area contributed by atoms with E-state index in [1.807, 2.05) is 72.0 Å². The van der Waals surface area contributed by atoms with E-state index >= 15 is 0 Å². The first kappa shape index (κ1) is 33.9. The van der Waals surface area contributed by atoms with Gasteiger partial charge in [-0.15, -0.1) is 0 Å². The van der Waals surface area contributed by atoms with Gasteiger partial charge in [0.25, 0.3) is 0 Å². The number of Topliss-reactive ketones (excluding diaryl/α,β-unsaturated/α-hetero) is 1. The Kier molecular flexibility index (Phi) is 9.20. The second-order valence-corrected chi connectivity index (χ2v) is 14.5. The Balaban J connectivity index is 1.39. The van der Waals surface area contributed by atoms with Gasteiger partial charge in [0.1, 0.15) is 30.7 Å². The number of phenolic OH excluding ortho intramolecular Hbond substituents is 1. The minimum absolute atomic E-state index is 0.00499. The number of methoxy groups -OCH3 is 1. The molecular formula is C37H41IO9. The van der Waals surface area contributed by atoms with Crippen LogP contribution >= 0.6 is 22.6 Å². The molecule has 4 aliphatic rings. The zero-order valence-corrected chi connectivity index (χ0v) is 29.2. The molecule has 0 spiro atoms. The van der Waals surface area contributed by atoms with E-state index in [-0.39, 0.29) is 56.0 Å². The summed E-state index contributed by atoms with van der Waals surface area (Å²) in [6, 6.07) is 13.1. The van der Waals surface area contributed by atoms with Crippen LogP contribution in [0.1, 0.15) is 44.7 Å². The Morgan fingerprint density at radius 1 is 1.15 bits per heavy atom. The molecule has 6 rings (SSSR count). The van der Waals surface area contributed by atoms with E-state index < -0.39 is 40.7 Å². The van der Waals surface area contributed by atoms with Gasteiger partial charge in [-0.1, -0.05) is 56.0 Å². The Hall–Kier alpha value is -3.03. The summed E-state index contributed by atoms with van der Waals surface area (Å²) in [6.07, 6.45) is 3.77. The number of ether oxygens (including phenoxy) is 5. The molecule has 10 heteroatoms. The minimum atomic E-state index is -1.81. The van der Waals surface area contributed by atoms with Gasteiger partial charge >= 0.3 is 5.97 Å². The van der Waals surface area contributed by atoms with Crippen LogP contribution < -0.4 is 4.74 Å². The highest BCUT2D eigenvalue weighted by Crippen LogP contribution is 2.61. The highest BCUT2D eigenvalue weighted by atomic mass is 127. The Morgan fingerprint density at radius 2 is 1.89 bits per heavy atom. The second-order valence-electron chi connectivity index (χ2n) is 13.3. The number of carbonyl (C=O) groups is 2. The average Bonchev–Trinajstić information content (AvgIpc) is 3.54. The van der Waals surface area contributed by atoms with E-state index in [9.17, 15) is 19.8 Å². The van der Waals surface area contributed by atoms with E-state index in [2.05, 4.69) is 13.5 Å². The van der Waals surface area contributed by atoms with Gasteiger partial charge in [-0.3, -0.25) is 9.59 Å². The molecule has 1 saturated carbocycles. The van der Waals surface area contributed by atoms with Crippen LogP contribution in [0.2, 0.25) is 0 Å². The highest BCUT2D eigenvalue weighted by Gasteiger charge is 2.70. The third-order valence-electron chi connectivity index (χ3n) is 10.5. The van der Waals surface area contributed by atoms with Gasteiger partial charge < -0.3 is 33.9 Å². The lowest BCUT2D eigenvalue weighted by Crippen LogP contribution is -2.68. The number of carbonyl (C=O) groups excluding carboxylic acids is 2. The van der Waals surface area contributed by atoms with Crippen molar-refractivity contribution in [3.05, 3.63) is 92.6 Å². The van der Waals surface area contributed by atoms with Crippen molar-refractivity contribution in [2.75, 3.05) is 20.5 Å². The summed E-state index contributed by atoms with van der Waals surface area (Å²) in [7, 11) is 1.45. The van der Waals surface area contributed by atoms with Crippen molar-refractivity contribution in [2.24, 2.45) is 17.8 Å². The fourth-order valence-electron chi connectivity index (χ4n) is 8.23. The quantitative estimate of drug-likeness (QED) is 0.192. The van der Waals surface area contributed by atoms with Gasteiger partial charge in [-0.05, 0) is 88.8 Å². The fourth-order valence-corrected chi connectivity index (χ4v) is 8.90. The first-order valence-corrected chi connectivity index (χ1v) is 16.9. The number of fused-ring (bicyclic) bond motifs is 5. The lowest BCUT2D eigenvalue weighted by Gasteiger charge is -2.58. The number of benzene rings is 2. The van der Waals surface area contributed by atoms with Crippen molar-refractivity contribution in [3.63, 3.8) is 0 Å². The van der Waals surface area contributed by atoms with Crippen LogP contribution in [0.5, 0.6) is 11.5 Å². The molecule has 7 atom stereocenters. The van der Waals surface area contributed by atoms with E-state index in [0.29, 0.717) is 26.7 Å². The molecule has 2 aromatic carbocycles. The maximum Gasteiger partial charge on any atom is 0.310 e. The van der Waals surface area contributed by atoms with Gasteiger partial charge in [0.2, 0.25) is 0 Å². The fraction of sp³-hybridized carbons (Fsp3) is 0.459.